The smallest absolute Gasteiger partial charge is 0.118 e. The second kappa shape index (κ2) is 7.08. The summed E-state index contributed by atoms with van der Waals surface area (Å²) in [7, 11) is 2.12. The Morgan fingerprint density at radius 3 is 2.95 bits per heavy atom. The van der Waals surface area contributed by atoms with E-state index in [1.165, 1.54) is 12.8 Å². The molecule has 1 aromatic rings. The number of furan rings is 1. The third-order valence-corrected chi connectivity index (χ3v) is 3.70. The Morgan fingerprint density at radius 2 is 2.32 bits per heavy atom. The summed E-state index contributed by atoms with van der Waals surface area (Å²) in [5, 5.41) is 3.55. The molecule has 1 N–H and O–H groups in total. The standard InChI is InChI=1S/C15H26N2O2/c1-12-6-7-14(19-12)11-17(3)9-8-16-13(2)15-5-4-10-18-15/h6-7,13,15-16H,4-5,8-11H2,1-3H3. The van der Waals surface area contributed by atoms with Crippen LogP contribution in [0.25, 0.3) is 0 Å². The fourth-order valence-electron chi connectivity index (χ4n) is 2.53. The fourth-order valence-corrected chi connectivity index (χ4v) is 2.53. The number of nitrogens with zero attached hydrogens (tertiary/aromatic N) is 1. The molecule has 1 aromatic heterocycles. The monoisotopic (exact) mass is 266 g/mol. The van der Waals surface area contributed by atoms with Gasteiger partial charge in [0.05, 0.1) is 12.6 Å². The largest absolute Gasteiger partial charge is 0.465 e. The van der Waals surface area contributed by atoms with Crippen molar-refractivity contribution in [3.05, 3.63) is 23.7 Å². The highest BCUT2D eigenvalue weighted by Gasteiger charge is 2.21. The third kappa shape index (κ3) is 4.64. The Bertz CT molecular complexity index is 372. The predicted octanol–water partition coefficient (Wildman–Crippen LogP) is 2.18. The van der Waals surface area contributed by atoms with Gasteiger partial charge in [0.15, 0.2) is 0 Å². The van der Waals surface area contributed by atoms with Crippen molar-refractivity contribution in [1.82, 2.24) is 10.2 Å². The lowest BCUT2D eigenvalue weighted by atomic mass is 10.1. The summed E-state index contributed by atoms with van der Waals surface area (Å²) in [4.78, 5) is 2.27. The van der Waals surface area contributed by atoms with Gasteiger partial charge in [0.2, 0.25) is 0 Å². The minimum absolute atomic E-state index is 0.401. The molecule has 2 rings (SSSR count). The summed E-state index contributed by atoms with van der Waals surface area (Å²) < 4.78 is 11.3. The van der Waals surface area contributed by atoms with E-state index in [9.17, 15) is 0 Å². The van der Waals surface area contributed by atoms with Crippen LogP contribution in [0.5, 0.6) is 0 Å². The fraction of sp³-hybridized carbons (Fsp3) is 0.733. The van der Waals surface area contributed by atoms with Gasteiger partial charge in [0, 0.05) is 25.7 Å². The Kier molecular flexibility index (Phi) is 5.43. The van der Waals surface area contributed by atoms with Crippen LogP contribution in [0.4, 0.5) is 0 Å². The molecule has 0 amide bonds. The average molecular weight is 266 g/mol. The zero-order valence-corrected chi connectivity index (χ0v) is 12.3. The van der Waals surface area contributed by atoms with Gasteiger partial charge < -0.3 is 14.5 Å². The van der Waals surface area contributed by atoms with Gasteiger partial charge in [0.25, 0.3) is 0 Å². The molecule has 0 aromatic carbocycles. The van der Waals surface area contributed by atoms with Crippen LogP contribution in [0.15, 0.2) is 16.5 Å². The predicted molar refractivity (Wildman–Crippen MR) is 76.2 cm³/mol. The Morgan fingerprint density at radius 1 is 1.47 bits per heavy atom. The molecule has 0 spiro atoms. The first-order chi connectivity index (χ1) is 9.15. The zero-order chi connectivity index (χ0) is 13.7. The summed E-state index contributed by atoms with van der Waals surface area (Å²) in [5.41, 5.74) is 0. The molecular weight excluding hydrogens is 240 g/mol. The average Bonchev–Trinajstić information content (AvgIpc) is 3.00. The molecule has 0 bridgehead atoms. The van der Waals surface area contributed by atoms with Crippen molar-refractivity contribution in [2.24, 2.45) is 0 Å². The Labute approximate surface area is 116 Å². The van der Waals surface area contributed by atoms with E-state index < -0.39 is 0 Å². The van der Waals surface area contributed by atoms with Crippen LogP contribution in [0.1, 0.15) is 31.3 Å². The van der Waals surface area contributed by atoms with Crippen LogP contribution < -0.4 is 5.32 Å². The van der Waals surface area contributed by atoms with Gasteiger partial charge in [-0.25, -0.2) is 0 Å². The molecule has 0 saturated carbocycles. The van der Waals surface area contributed by atoms with Crippen LogP contribution in [0, 0.1) is 6.92 Å². The second-order valence-electron chi connectivity index (χ2n) is 5.54. The van der Waals surface area contributed by atoms with Gasteiger partial charge in [-0.3, -0.25) is 4.90 Å². The van der Waals surface area contributed by atoms with E-state index in [0.29, 0.717) is 12.1 Å². The molecule has 1 saturated heterocycles. The minimum Gasteiger partial charge on any atom is -0.465 e. The molecule has 1 aliphatic heterocycles. The number of rotatable bonds is 7. The first-order valence-corrected chi connectivity index (χ1v) is 7.24. The van der Waals surface area contributed by atoms with Crippen LogP contribution in [0.3, 0.4) is 0 Å². The highest BCUT2D eigenvalue weighted by atomic mass is 16.5. The molecule has 2 unspecified atom stereocenters. The first kappa shape index (κ1) is 14.6. The van der Waals surface area contributed by atoms with Gasteiger partial charge in [-0.2, -0.15) is 0 Å². The molecule has 4 nitrogen and oxygen atoms in total. The number of nitrogens with one attached hydrogen (secondary N) is 1. The van der Waals surface area contributed by atoms with Crippen molar-refractivity contribution in [2.45, 2.75) is 45.4 Å². The highest BCUT2D eigenvalue weighted by Crippen LogP contribution is 2.15. The number of hydrogen-bond donors (Lipinski definition) is 1. The molecule has 108 valence electrons. The number of likely N-dealkylation sites (N-methyl/N-ethyl adjacent to an activating group) is 1. The lowest BCUT2D eigenvalue weighted by Gasteiger charge is -2.22. The van der Waals surface area contributed by atoms with E-state index in [2.05, 4.69) is 24.2 Å². The van der Waals surface area contributed by atoms with Gasteiger partial charge in [-0.1, -0.05) is 0 Å². The third-order valence-electron chi connectivity index (χ3n) is 3.70. The van der Waals surface area contributed by atoms with E-state index in [1.807, 2.05) is 19.1 Å². The van der Waals surface area contributed by atoms with E-state index in [4.69, 9.17) is 9.15 Å². The van der Waals surface area contributed by atoms with Gasteiger partial charge >= 0.3 is 0 Å². The van der Waals surface area contributed by atoms with E-state index in [-0.39, 0.29) is 0 Å². The molecular formula is C15H26N2O2. The maximum Gasteiger partial charge on any atom is 0.118 e. The summed E-state index contributed by atoms with van der Waals surface area (Å²) in [5.74, 6) is 2.01. The summed E-state index contributed by atoms with van der Waals surface area (Å²) in [6, 6.07) is 4.51. The van der Waals surface area contributed by atoms with Crippen molar-refractivity contribution < 1.29 is 9.15 Å². The molecule has 1 aliphatic rings. The normalized spacial score (nSPS) is 21.2. The highest BCUT2D eigenvalue weighted by molar-refractivity contribution is 5.05. The number of aryl methyl sites for hydroxylation is 1. The van der Waals surface area contributed by atoms with Crippen molar-refractivity contribution in [2.75, 3.05) is 26.7 Å². The van der Waals surface area contributed by atoms with Crippen LogP contribution >= 0.6 is 0 Å². The minimum atomic E-state index is 0.401. The quantitative estimate of drug-likeness (QED) is 0.821. The second-order valence-corrected chi connectivity index (χ2v) is 5.54. The van der Waals surface area contributed by atoms with Crippen LogP contribution in [-0.4, -0.2) is 43.8 Å². The summed E-state index contributed by atoms with van der Waals surface area (Å²) in [6.07, 6.45) is 2.79. The van der Waals surface area contributed by atoms with Crippen LogP contribution in [0.2, 0.25) is 0 Å². The molecule has 4 heteroatoms. The zero-order valence-electron chi connectivity index (χ0n) is 12.3. The molecule has 1 fully saturated rings. The maximum absolute atomic E-state index is 5.68. The lowest BCUT2D eigenvalue weighted by molar-refractivity contribution is 0.0828. The maximum atomic E-state index is 5.68. The molecule has 0 radical (unpaired) electrons. The van der Waals surface area contributed by atoms with Gasteiger partial charge in [-0.05, 0) is 45.9 Å². The van der Waals surface area contributed by atoms with Crippen LogP contribution in [-0.2, 0) is 11.3 Å². The SMILES string of the molecule is Cc1ccc(CN(C)CCNC(C)C2CCCO2)o1. The topological polar surface area (TPSA) is 37.6 Å². The molecule has 2 atom stereocenters. The molecule has 0 aliphatic carbocycles. The number of hydrogen-bond acceptors (Lipinski definition) is 4. The van der Waals surface area contributed by atoms with Crippen molar-refractivity contribution in [3.63, 3.8) is 0 Å². The van der Waals surface area contributed by atoms with Crippen molar-refractivity contribution >= 4 is 0 Å². The number of ether oxygens (including phenoxy) is 1. The molecule has 19 heavy (non-hydrogen) atoms. The van der Waals surface area contributed by atoms with Crippen molar-refractivity contribution in [3.8, 4) is 0 Å². The summed E-state index contributed by atoms with van der Waals surface area (Å²) in [6.45, 7) is 7.98. The van der Waals surface area contributed by atoms with Gasteiger partial charge in [-0.15, -0.1) is 0 Å². The Balaban J connectivity index is 1.62. The van der Waals surface area contributed by atoms with Gasteiger partial charge in [0.1, 0.15) is 11.5 Å². The summed E-state index contributed by atoms with van der Waals surface area (Å²) >= 11 is 0. The van der Waals surface area contributed by atoms with Crippen molar-refractivity contribution in [1.29, 1.82) is 0 Å². The first-order valence-electron chi connectivity index (χ1n) is 7.24. The Hall–Kier alpha value is -0.840. The molecule has 2 heterocycles. The van der Waals surface area contributed by atoms with E-state index in [0.717, 1.165) is 37.8 Å². The van der Waals surface area contributed by atoms with E-state index in [1.54, 1.807) is 0 Å². The van der Waals surface area contributed by atoms with E-state index >= 15 is 0 Å². The lowest BCUT2D eigenvalue weighted by Crippen LogP contribution is -2.40.